The number of hydrogen-bond acceptors (Lipinski definition) is 5. The molecular weight excluding hydrogens is 400 g/mol. The third kappa shape index (κ3) is 4.74. The van der Waals surface area contributed by atoms with Crippen molar-refractivity contribution in [2.45, 2.75) is 58.7 Å². The molecule has 0 amide bonds. The summed E-state index contributed by atoms with van der Waals surface area (Å²) in [4.78, 5) is 16.6. The number of carbonyl (C=O) groups is 1. The van der Waals surface area contributed by atoms with Gasteiger partial charge in [0.1, 0.15) is 6.10 Å². The van der Waals surface area contributed by atoms with E-state index in [9.17, 15) is 9.90 Å². The second kappa shape index (κ2) is 9.56. The molecule has 4 rings (SSSR count). The molecule has 1 saturated carbocycles. The molecule has 1 aliphatic heterocycles. The van der Waals surface area contributed by atoms with Gasteiger partial charge in [0, 0.05) is 57.7 Å². The lowest BCUT2D eigenvalue weighted by Crippen LogP contribution is -2.56. The van der Waals surface area contributed by atoms with Gasteiger partial charge >= 0.3 is 5.97 Å². The molecule has 2 fully saturated rings. The maximum absolute atomic E-state index is 11.8. The largest absolute Gasteiger partial charge is 0.458 e. The van der Waals surface area contributed by atoms with Crippen LogP contribution in [0.15, 0.2) is 42.0 Å². The number of anilines is 1. The molecule has 176 valence electrons. The van der Waals surface area contributed by atoms with Gasteiger partial charge in [-0.1, -0.05) is 38.1 Å². The first-order valence-corrected chi connectivity index (χ1v) is 12.4. The molecule has 0 radical (unpaired) electrons. The molecule has 5 nitrogen and oxygen atoms in total. The molecule has 1 aromatic carbocycles. The van der Waals surface area contributed by atoms with Crippen LogP contribution in [0, 0.1) is 23.7 Å². The van der Waals surface area contributed by atoms with E-state index < -0.39 is 5.60 Å². The van der Waals surface area contributed by atoms with Crippen molar-refractivity contribution < 1.29 is 14.6 Å². The van der Waals surface area contributed by atoms with E-state index in [0.717, 1.165) is 51.1 Å². The topological polar surface area (TPSA) is 53.0 Å². The van der Waals surface area contributed by atoms with Gasteiger partial charge in [-0.05, 0) is 55.2 Å². The molecule has 1 N–H and O–H groups in total. The van der Waals surface area contributed by atoms with E-state index in [1.165, 1.54) is 12.6 Å². The fourth-order valence-corrected chi connectivity index (χ4v) is 6.37. The van der Waals surface area contributed by atoms with Gasteiger partial charge < -0.3 is 14.7 Å². The second-order valence-corrected chi connectivity index (χ2v) is 10.5. The van der Waals surface area contributed by atoms with Crippen molar-refractivity contribution in [2.75, 3.05) is 37.6 Å². The molecule has 0 spiro atoms. The van der Waals surface area contributed by atoms with Gasteiger partial charge in [-0.2, -0.15) is 0 Å². The first-order valence-electron chi connectivity index (χ1n) is 12.4. The molecular formula is C27H40N2O3. The number of piperazine rings is 1. The van der Waals surface area contributed by atoms with Crippen LogP contribution in [-0.2, 0) is 9.53 Å². The minimum absolute atomic E-state index is 0.138. The summed E-state index contributed by atoms with van der Waals surface area (Å²) in [5, 5.41) is 11.8. The van der Waals surface area contributed by atoms with Crippen LogP contribution in [0.25, 0.3) is 0 Å². The molecule has 32 heavy (non-hydrogen) atoms. The maximum Gasteiger partial charge on any atom is 0.303 e. The number of rotatable bonds is 5. The number of ether oxygens (including phenoxy) is 1. The number of fused-ring (bicyclic) bond motifs is 1. The molecule has 1 heterocycles. The van der Waals surface area contributed by atoms with Gasteiger partial charge in [0.05, 0.1) is 5.60 Å². The SMILES string of the molecule is CC(=O)O[C@@H]1C[C@@]2(O)[C@H](C)CC[C@@H](C(C)CN3CCN(c4ccccc4)CC3)[C@H]2C=C1C. The highest BCUT2D eigenvalue weighted by atomic mass is 16.5. The molecule has 2 aliphatic carbocycles. The summed E-state index contributed by atoms with van der Waals surface area (Å²) in [5.74, 6) is 1.05. The highest BCUT2D eigenvalue weighted by Crippen LogP contribution is 2.51. The quantitative estimate of drug-likeness (QED) is 0.551. The van der Waals surface area contributed by atoms with E-state index in [0.29, 0.717) is 18.3 Å². The number of para-hydroxylation sites is 1. The molecule has 3 aliphatic rings. The zero-order valence-corrected chi connectivity index (χ0v) is 20.2. The first kappa shape index (κ1) is 23.3. The fraction of sp³-hybridized carbons (Fsp3) is 0.667. The summed E-state index contributed by atoms with van der Waals surface area (Å²) in [6.07, 6.45) is 4.66. The molecule has 0 bridgehead atoms. The zero-order valence-electron chi connectivity index (χ0n) is 20.2. The van der Waals surface area contributed by atoms with Crippen molar-refractivity contribution in [3.05, 3.63) is 42.0 Å². The standard InChI is InChI=1S/C27H40N2O3/c1-19-16-25-24(11-10-21(3)27(25,31)17-26(19)32-22(4)30)20(2)18-28-12-14-29(15-13-28)23-8-6-5-7-9-23/h5-9,16,20-21,24-26,31H,10-15,17-18H2,1-4H3/t20?,21-,24+,25-,26-,27-/m1/s1. The van der Waals surface area contributed by atoms with Gasteiger partial charge in [-0.25, -0.2) is 0 Å². The number of esters is 1. The predicted molar refractivity (Wildman–Crippen MR) is 129 cm³/mol. The zero-order chi connectivity index (χ0) is 22.9. The van der Waals surface area contributed by atoms with E-state index in [1.54, 1.807) is 0 Å². The molecule has 0 aromatic heterocycles. The van der Waals surface area contributed by atoms with Gasteiger partial charge in [0.2, 0.25) is 0 Å². The Morgan fingerprint density at radius 3 is 2.53 bits per heavy atom. The monoisotopic (exact) mass is 440 g/mol. The van der Waals surface area contributed by atoms with Crippen LogP contribution in [0.2, 0.25) is 0 Å². The van der Waals surface area contributed by atoms with Crippen molar-refractivity contribution in [1.29, 1.82) is 0 Å². The Kier molecular flexibility index (Phi) is 6.97. The molecule has 1 aromatic rings. The highest BCUT2D eigenvalue weighted by molar-refractivity contribution is 5.66. The molecule has 6 atom stereocenters. The van der Waals surface area contributed by atoms with Crippen molar-refractivity contribution in [3.8, 4) is 0 Å². The number of carbonyl (C=O) groups excluding carboxylic acids is 1. The lowest BCUT2D eigenvalue weighted by Gasteiger charge is -2.53. The van der Waals surface area contributed by atoms with Crippen molar-refractivity contribution >= 4 is 11.7 Å². The Labute approximate surface area is 193 Å². The summed E-state index contributed by atoms with van der Waals surface area (Å²) in [6.45, 7) is 13.4. The van der Waals surface area contributed by atoms with E-state index >= 15 is 0 Å². The molecule has 1 saturated heterocycles. The van der Waals surface area contributed by atoms with E-state index in [-0.39, 0.29) is 23.9 Å². The third-order valence-electron chi connectivity index (χ3n) is 8.37. The summed E-state index contributed by atoms with van der Waals surface area (Å²) >= 11 is 0. The maximum atomic E-state index is 11.8. The van der Waals surface area contributed by atoms with Crippen molar-refractivity contribution in [3.63, 3.8) is 0 Å². The average Bonchev–Trinajstić information content (AvgIpc) is 2.77. The number of benzene rings is 1. The van der Waals surface area contributed by atoms with Crippen molar-refractivity contribution in [1.82, 2.24) is 4.90 Å². The lowest BCUT2D eigenvalue weighted by atomic mass is 9.57. The summed E-state index contributed by atoms with van der Waals surface area (Å²) in [5.41, 5.74) is 1.62. The fourth-order valence-electron chi connectivity index (χ4n) is 6.37. The number of aliphatic hydroxyl groups is 1. The van der Waals surface area contributed by atoms with Crippen LogP contribution >= 0.6 is 0 Å². The Balaban J connectivity index is 1.41. The van der Waals surface area contributed by atoms with Crippen LogP contribution in [0.1, 0.15) is 47.0 Å². The van der Waals surface area contributed by atoms with Gasteiger partial charge in [-0.3, -0.25) is 9.69 Å². The van der Waals surface area contributed by atoms with E-state index in [2.05, 4.69) is 67.0 Å². The van der Waals surface area contributed by atoms with Crippen molar-refractivity contribution in [2.24, 2.45) is 23.7 Å². The van der Waals surface area contributed by atoms with Crippen LogP contribution in [0.4, 0.5) is 5.69 Å². The highest BCUT2D eigenvalue weighted by Gasteiger charge is 2.52. The van der Waals surface area contributed by atoms with E-state index in [4.69, 9.17) is 4.74 Å². The number of nitrogens with zero attached hydrogens (tertiary/aromatic N) is 2. The minimum Gasteiger partial charge on any atom is -0.458 e. The van der Waals surface area contributed by atoms with Crippen LogP contribution in [0.5, 0.6) is 0 Å². The smallest absolute Gasteiger partial charge is 0.303 e. The molecule has 1 unspecified atom stereocenters. The Hall–Kier alpha value is -1.85. The first-order chi connectivity index (χ1) is 15.3. The second-order valence-electron chi connectivity index (χ2n) is 10.5. The summed E-state index contributed by atoms with van der Waals surface area (Å²) < 4.78 is 5.55. The lowest BCUT2D eigenvalue weighted by molar-refractivity contribution is -0.159. The molecule has 5 heteroatoms. The Morgan fingerprint density at radius 1 is 1.19 bits per heavy atom. The minimum atomic E-state index is -0.789. The van der Waals surface area contributed by atoms with Gasteiger partial charge in [0.15, 0.2) is 0 Å². The Bertz CT molecular complexity index is 817. The summed E-state index contributed by atoms with van der Waals surface area (Å²) in [7, 11) is 0. The Morgan fingerprint density at radius 2 is 1.88 bits per heavy atom. The third-order valence-corrected chi connectivity index (χ3v) is 8.37. The normalized spacial score (nSPS) is 34.4. The van der Waals surface area contributed by atoms with Gasteiger partial charge in [0.25, 0.3) is 0 Å². The summed E-state index contributed by atoms with van der Waals surface area (Å²) in [6, 6.07) is 10.7. The predicted octanol–water partition coefficient (Wildman–Crippen LogP) is 4.12. The number of hydrogen-bond donors (Lipinski definition) is 1. The van der Waals surface area contributed by atoms with Crippen LogP contribution < -0.4 is 4.90 Å². The van der Waals surface area contributed by atoms with Crippen LogP contribution in [-0.4, -0.2) is 60.4 Å². The van der Waals surface area contributed by atoms with E-state index in [1.807, 2.05) is 0 Å². The van der Waals surface area contributed by atoms with Crippen LogP contribution in [0.3, 0.4) is 0 Å². The van der Waals surface area contributed by atoms with Gasteiger partial charge in [-0.15, -0.1) is 0 Å². The average molecular weight is 441 g/mol.